The Bertz CT molecular complexity index is 964. The van der Waals surface area contributed by atoms with Crippen LogP contribution in [-0.4, -0.2) is 65.8 Å². The number of hydrogen-bond acceptors (Lipinski definition) is 6. The Morgan fingerprint density at radius 2 is 1.49 bits per heavy atom. The van der Waals surface area contributed by atoms with Gasteiger partial charge in [0.1, 0.15) is 11.7 Å². The number of ether oxygens (including phenoxy) is 4. The van der Waals surface area contributed by atoms with Gasteiger partial charge in [-0.15, -0.1) is 0 Å². The second-order valence-electron chi connectivity index (χ2n) is 11.4. The van der Waals surface area contributed by atoms with Crippen LogP contribution in [0.1, 0.15) is 70.9 Å². The first-order valence-corrected chi connectivity index (χ1v) is 14.2. The summed E-state index contributed by atoms with van der Waals surface area (Å²) in [5.74, 6) is 0. The van der Waals surface area contributed by atoms with Gasteiger partial charge >= 0.3 is 6.09 Å². The highest BCUT2D eigenvalue weighted by molar-refractivity contribution is 5.68. The lowest BCUT2D eigenvalue weighted by Crippen LogP contribution is -2.52. The molecule has 1 aliphatic carbocycles. The van der Waals surface area contributed by atoms with Gasteiger partial charge in [-0.25, -0.2) is 4.79 Å². The molecule has 3 rings (SSSR count). The van der Waals surface area contributed by atoms with Crippen molar-refractivity contribution in [2.24, 2.45) is 0 Å². The lowest BCUT2D eigenvalue weighted by atomic mass is 10.1. The number of likely N-dealkylation sites (N-methyl/N-ethyl adjacent to an activating group) is 1. The van der Waals surface area contributed by atoms with Crippen molar-refractivity contribution >= 4 is 6.09 Å². The van der Waals surface area contributed by atoms with Gasteiger partial charge < -0.3 is 29.0 Å². The van der Waals surface area contributed by atoms with Crippen molar-refractivity contribution in [2.75, 3.05) is 13.7 Å². The first kappa shape index (κ1) is 31.1. The molecule has 7 heteroatoms. The third-order valence-electron chi connectivity index (χ3n) is 6.91. The van der Waals surface area contributed by atoms with E-state index in [0.29, 0.717) is 26.1 Å². The number of carbonyl (C=O) groups is 1. The fraction of sp³-hybridized carbons (Fsp3) is 0.594. The van der Waals surface area contributed by atoms with Crippen molar-refractivity contribution in [2.45, 2.75) is 109 Å². The zero-order valence-electron chi connectivity index (χ0n) is 24.3. The third kappa shape index (κ3) is 10.2. The van der Waals surface area contributed by atoms with E-state index in [4.69, 9.17) is 18.9 Å². The molecule has 1 saturated carbocycles. The summed E-state index contributed by atoms with van der Waals surface area (Å²) in [4.78, 5) is 14.8. The molecule has 1 amide bonds. The number of rotatable bonds is 14. The molecular weight excluding hydrogens is 494 g/mol. The highest BCUT2D eigenvalue weighted by atomic mass is 16.6. The number of nitrogens with zero attached hydrogens (tertiary/aromatic N) is 1. The van der Waals surface area contributed by atoms with Crippen molar-refractivity contribution in [1.82, 2.24) is 4.90 Å². The van der Waals surface area contributed by atoms with E-state index >= 15 is 0 Å². The molecule has 39 heavy (non-hydrogen) atoms. The molecule has 1 aliphatic rings. The van der Waals surface area contributed by atoms with Crippen molar-refractivity contribution in [3.8, 4) is 0 Å². The molecule has 5 atom stereocenters. The van der Waals surface area contributed by atoms with Crippen LogP contribution in [0.5, 0.6) is 0 Å². The van der Waals surface area contributed by atoms with Crippen molar-refractivity contribution in [1.29, 1.82) is 0 Å². The average Bonchev–Trinajstić information content (AvgIpc) is 3.26. The van der Waals surface area contributed by atoms with Crippen molar-refractivity contribution in [3.05, 3.63) is 71.8 Å². The first-order chi connectivity index (χ1) is 18.7. The molecule has 0 saturated heterocycles. The summed E-state index contributed by atoms with van der Waals surface area (Å²) in [7, 11) is 1.73. The van der Waals surface area contributed by atoms with Crippen LogP contribution in [0.2, 0.25) is 0 Å². The summed E-state index contributed by atoms with van der Waals surface area (Å²) in [5.41, 5.74) is 1.47. The predicted octanol–water partition coefficient (Wildman–Crippen LogP) is 6.12. The molecule has 216 valence electrons. The second-order valence-corrected chi connectivity index (χ2v) is 11.4. The Morgan fingerprint density at radius 3 is 2.03 bits per heavy atom. The summed E-state index contributed by atoms with van der Waals surface area (Å²) in [6, 6.07) is 19.5. The van der Waals surface area contributed by atoms with E-state index in [1.165, 1.54) is 0 Å². The highest BCUT2D eigenvalue weighted by Crippen LogP contribution is 2.34. The fourth-order valence-corrected chi connectivity index (χ4v) is 4.89. The van der Waals surface area contributed by atoms with Gasteiger partial charge in [0, 0.05) is 13.5 Å². The minimum atomic E-state index is -0.640. The molecule has 2 aromatic rings. The quantitative estimate of drug-likeness (QED) is 0.290. The van der Waals surface area contributed by atoms with Gasteiger partial charge in [-0.1, -0.05) is 86.8 Å². The lowest BCUT2D eigenvalue weighted by molar-refractivity contribution is -0.106. The van der Waals surface area contributed by atoms with Crippen LogP contribution in [0.15, 0.2) is 60.7 Å². The first-order valence-electron chi connectivity index (χ1n) is 14.2. The molecule has 0 heterocycles. The predicted molar refractivity (Wildman–Crippen MR) is 152 cm³/mol. The lowest BCUT2D eigenvalue weighted by Gasteiger charge is -2.35. The topological polar surface area (TPSA) is 77.5 Å². The maximum Gasteiger partial charge on any atom is 0.410 e. The smallest absolute Gasteiger partial charge is 0.410 e. The molecule has 0 aromatic heterocycles. The summed E-state index contributed by atoms with van der Waals surface area (Å²) in [6.07, 6.45) is 2.15. The van der Waals surface area contributed by atoms with Gasteiger partial charge in [0.15, 0.2) is 0 Å². The van der Waals surface area contributed by atoms with Crippen LogP contribution in [0, 0.1) is 0 Å². The van der Waals surface area contributed by atoms with Crippen LogP contribution in [0.4, 0.5) is 4.79 Å². The van der Waals surface area contributed by atoms with E-state index in [1.54, 1.807) is 11.9 Å². The van der Waals surface area contributed by atoms with Gasteiger partial charge in [-0.2, -0.15) is 0 Å². The summed E-state index contributed by atoms with van der Waals surface area (Å²) >= 11 is 0. The molecule has 5 unspecified atom stereocenters. The minimum Gasteiger partial charge on any atom is -0.444 e. The SMILES string of the molecule is CCCCCC(O)COC1C(OCc2ccccc2)CC(OCc2ccccc2)C1N(C)C(=O)OC(C)(C)C. The number of carbonyl (C=O) groups excluding carboxylic acids is 1. The van der Waals surface area contributed by atoms with Crippen molar-refractivity contribution < 1.29 is 28.8 Å². The Kier molecular flexibility index (Phi) is 12.2. The summed E-state index contributed by atoms with van der Waals surface area (Å²) in [5, 5.41) is 10.6. The Morgan fingerprint density at radius 1 is 0.923 bits per heavy atom. The Labute approximate surface area is 234 Å². The summed E-state index contributed by atoms with van der Waals surface area (Å²) < 4.78 is 24.9. The molecule has 0 radical (unpaired) electrons. The molecular formula is C32H47NO6. The van der Waals surface area contributed by atoms with Gasteiger partial charge in [0.05, 0.1) is 44.2 Å². The van der Waals surface area contributed by atoms with Gasteiger partial charge in [0.25, 0.3) is 0 Å². The number of unbranched alkanes of at least 4 members (excludes halogenated alkanes) is 2. The zero-order chi connectivity index (χ0) is 28.3. The summed E-state index contributed by atoms with van der Waals surface area (Å²) in [6.45, 7) is 8.68. The molecule has 0 spiro atoms. The Hall–Kier alpha value is -2.45. The van der Waals surface area contributed by atoms with E-state index in [9.17, 15) is 9.90 Å². The van der Waals surface area contributed by atoms with Crippen LogP contribution in [0.25, 0.3) is 0 Å². The van der Waals surface area contributed by atoms with Crippen molar-refractivity contribution in [3.63, 3.8) is 0 Å². The largest absolute Gasteiger partial charge is 0.444 e. The highest BCUT2D eigenvalue weighted by Gasteiger charge is 2.49. The minimum absolute atomic E-state index is 0.170. The van der Waals surface area contributed by atoms with Gasteiger partial charge in [-0.3, -0.25) is 0 Å². The van der Waals surface area contributed by atoms with E-state index in [-0.39, 0.29) is 18.8 Å². The maximum atomic E-state index is 13.2. The molecule has 7 nitrogen and oxygen atoms in total. The van der Waals surface area contributed by atoms with E-state index in [2.05, 4.69) is 6.92 Å². The fourth-order valence-electron chi connectivity index (χ4n) is 4.89. The average molecular weight is 542 g/mol. The zero-order valence-corrected chi connectivity index (χ0v) is 24.3. The third-order valence-corrected chi connectivity index (χ3v) is 6.91. The monoisotopic (exact) mass is 541 g/mol. The molecule has 2 aromatic carbocycles. The normalized spacial score (nSPS) is 22.0. The number of benzene rings is 2. The van der Waals surface area contributed by atoms with Gasteiger partial charge in [-0.05, 0) is 38.3 Å². The number of aliphatic hydroxyl groups is 1. The molecule has 1 fully saturated rings. The molecule has 0 bridgehead atoms. The van der Waals surface area contributed by atoms with Crippen LogP contribution in [0.3, 0.4) is 0 Å². The second kappa shape index (κ2) is 15.4. The van der Waals surface area contributed by atoms with E-state index in [1.807, 2.05) is 81.4 Å². The van der Waals surface area contributed by atoms with Crippen LogP contribution in [-0.2, 0) is 32.2 Å². The standard InChI is InChI=1S/C32H47NO6/c1-6-7-10-19-26(34)23-38-30-28(37-22-25-17-13-9-14-18-25)20-27(36-21-24-15-11-8-12-16-24)29(30)33(5)31(35)39-32(2,3)4/h8-9,11-18,26-30,34H,6-7,10,19-23H2,1-5H3. The van der Waals surface area contributed by atoms with Crippen LogP contribution < -0.4 is 0 Å². The number of aliphatic hydroxyl groups excluding tert-OH is 1. The number of amides is 1. The maximum absolute atomic E-state index is 13.2. The van der Waals surface area contributed by atoms with E-state index < -0.39 is 29.9 Å². The Balaban J connectivity index is 1.81. The number of hydrogen-bond donors (Lipinski definition) is 1. The van der Waals surface area contributed by atoms with Gasteiger partial charge in [0.2, 0.25) is 0 Å². The molecule has 1 N–H and O–H groups in total. The van der Waals surface area contributed by atoms with Crippen LogP contribution >= 0.6 is 0 Å². The van der Waals surface area contributed by atoms with E-state index in [0.717, 1.165) is 30.4 Å². The molecule has 0 aliphatic heterocycles.